The summed E-state index contributed by atoms with van der Waals surface area (Å²) in [5.74, 6) is -0.347. The minimum absolute atomic E-state index is 0.234. The lowest BCUT2D eigenvalue weighted by molar-refractivity contribution is 0.102. The van der Waals surface area contributed by atoms with Crippen LogP contribution < -0.4 is 5.32 Å². The van der Waals surface area contributed by atoms with Crippen LogP contribution in [0.15, 0.2) is 69.3 Å². The standard InChI is InChI=1S/C18H15BrN8OS/c1-26-18(22-23-25-26)29-16-8-7-13(19)9-14(16)20-17(28)15-11-27(24-21-15)10-12-5-3-2-4-6-12/h2-9,11H,10H2,1H3,(H,20,28). The molecule has 0 atom stereocenters. The first kappa shape index (κ1) is 19.3. The Morgan fingerprint density at radius 2 is 1.97 bits per heavy atom. The summed E-state index contributed by atoms with van der Waals surface area (Å²) >= 11 is 4.79. The van der Waals surface area contributed by atoms with Crippen LogP contribution in [0.3, 0.4) is 0 Å². The first-order valence-electron chi connectivity index (χ1n) is 8.53. The summed E-state index contributed by atoms with van der Waals surface area (Å²) in [5, 5.41) is 23.0. The maximum Gasteiger partial charge on any atom is 0.277 e. The normalized spacial score (nSPS) is 10.8. The molecular weight excluding hydrogens is 456 g/mol. The zero-order valence-electron chi connectivity index (χ0n) is 15.2. The summed E-state index contributed by atoms with van der Waals surface area (Å²) < 4.78 is 4.03. The van der Waals surface area contributed by atoms with Crippen molar-refractivity contribution in [3.8, 4) is 0 Å². The third-order valence-electron chi connectivity index (χ3n) is 3.93. The Morgan fingerprint density at radius 1 is 1.14 bits per heavy atom. The van der Waals surface area contributed by atoms with Crippen LogP contribution in [-0.4, -0.2) is 41.1 Å². The lowest BCUT2D eigenvalue weighted by Gasteiger charge is -2.09. The highest BCUT2D eigenvalue weighted by Crippen LogP contribution is 2.34. The maximum absolute atomic E-state index is 12.7. The molecule has 9 nitrogen and oxygen atoms in total. The van der Waals surface area contributed by atoms with Gasteiger partial charge in [0, 0.05) is 16.4 Å². The summed E-state index contributed by atoms with van der Waals surface area (Å²) in [5.41, 5.74) is 1.93. The fraction of sp³-hybridized carbons (Fsp3) is 0.111. The third kappa shape index (κ3) is 4.69. The highest BCUT2D eigenvalue weighted by Gasteiger charge is 2.16. The number of aryl methyl sites for hydroxylation is 1. The molecule has 4 rings (SSSR count). The van der Waals surface area contributed by atoms with Gasteiger partial charge >= 0.3 is 0 Å². The van der Waals surface area contributed by atoms with Crippen LogP contribution in [-0.2, 0) is 13.6 Å². The van der Waals surface area contributed by atoms with Crippen molar-refractivity contribution in [1.82, 2.24) is 35.2 Å². The van der Waals surface area contributed by atoms with Gasteiger partial charge in [-0.3, -0.25) is 4.79 Å². The van der Waals surface area contributed by atoms with E-state index < -0.39 is 0 Å². The second-order valence-corrected chi connectivity index (χ2v) is 7.99. The number of hydrogen-bond donors (Lipinski definition) is 1. The van der Waals surface area contributed by atoms with Gasteiger partial charge in [0.05, 0.1) is 18.4 Å². The van der Waals surface area contributed by atoms with Gasteiger partial charge in [0.15, 0.2) is 5.69 Å². The highest BCUT2D eigenvalue weighted by atomic mass is 79.9. The Kier molecular flexibility index (Phi) is 5.67. The number of anilines is 1. The number of tetrazole rings is 1. The van der Waals surface area contributed by atoms with Crippen LogP contribution in [0.4, 0.5) is 5.69 Å². The summed E-state index contributed by atoms with van der Waals surface area (Å²) in [6.07, 6.45) is 1.62. The first-order chi connectivity index (χ1) is 14.1. The van der Waals surface area contributed by atoms with Gasteiger partial charge in [0.2, 0.25) is 5.16 Å². The molecule has 0 fully saturated rings. The molecule has 146 valence electrons. The van der Waals surface area contributed by atoms with E-state index in [1.54, 1.807) is 22.6 Å². The summed E-state index contributed by atoms with van der Waals surface area (Å²) in [6, 6.07) is 15.4. The van der Waals surface area contributed by atoms with E-state index in [0.29, 0.717) is 17.4 Å². The van der Waals surface area contributed by atoms with Crippen molar-refractivity contribution in [2.24, 2.45) is 7.05 Å². The molecule has 11 heteroatoms. The molecule has 4 aromatic rings. The van der Waals surface area contributed by atoms with Crippen LogP contribution in [0.1, 0.15) is 16.1 Å². The van der Waals surface area contributed by atoms with Gasteiger partial charge in [0.25, 0.3) is 5.91 Å². The average molecular weight is 471 g/mol. The van der Waals surface area contributed by atoms with Gasteiger partial charge in [-0.25, -0.2) is 9.36 Å². The Hall–Kier alpha value is -3.05. The highest BCUT2D eigenvalue weighted by molar-refractivity contribution is 9.10. The fourth-order valence-electron chi connectivity index (χ4n) is 2.53. The number of aromatic nitrogens is 7. The number of halogens is 1. The number of carbonyl (C=O) groups is 1. The molecule has 0 aliphatic rings. The Balaban J connectivity index is 1.51. The van der Waals surface area contributed by atoms with E-state index in [2.05, 4.69) is 47.1 Å². The van der Waals surface area contributed by atoms with Crippen molar-refractivity contribution >= 4 is 39.3 Å². The Bertz CT molecular complexity index is 1140. The van der Waals surface area contributed by atoms with E-state index in [-0.39, 0.29) is 11.6 Å². The van der Waals surface area contributed by atoms with Crippen LogP contribution in [0, 0.1) is 0 Å². The SMILES string of the molecule is Cn1nnnc1Sc1ccc(Br)cc1NC(=O)c1cn(Cc2ccccc2)nn1. The van der Waals surface area contributed by atoms with Gasteiger partial charge in [-0.15, -0.1) is 10.2 Å². The minimum atomic E-state index is -0.347. The topological polar surface area (TPSA) is 103 Å². The predicted octanol–water partition coefficient (Wildman–Crippen LogP) is 3.02. The Morgan fingerprint density at radius 3 is 2.72 bits per heavy atom. The van der Waals surface area contributed by atoms with E-state index >= 15 is 0 Å². The number of benzene rings is 2. The van der Waals surface area contributed by atoms with Crippen LogP contribution >= 0.6 is 27.7 Å². The van der Waals surface area contributed by atoms with Gasteiger partial charge in [-0.1, -0.05) is 51.5 Å². The molecule has 1 N–H and O–H groups in total. The van der Waals surface area contributed by atoms with Gasteiger partial charge in [0.1, 0.15) is 0 Å². The van der Waals surface area contributed by atoms with Gasteiger partial charge in [-0.05, 0) is 46.0 Å². The molecule has 29 heavy (non-hydrogen) atoms. The number of amides is 1. The molecule has 2 aromatic carbocycles. The average Bonchev–Trinajstić information content (AvgIpc) is 3.34. The largest absolute Gasteiger partial charge is 0.319 e. The molecule has 0 aliphatic heterocycles. The quantitative estimate of drug-likeness (QED) is 0.461. The zero-order valence-corrected chi connectivity index (χ0v) is 17.6. The number of nitrogens with zero attached hydrogens (tertiary/aromatic N) is 7. The van der Waals surface area contributed by atoms with E-state index in [1.165, 1.54) is 11.8 Å². The number of hydrogen-bond acceptors (Lipinski definition) is 7. The van der Waals surface area contributed by atoms with Crippen molar-refractivity contribution in [3.63, 3.8) is 0 Å². The van der Waals surface area contributed by atoms with Crippen LogP contribution in [0.2, 0.25) is 0 Å². The third-order valence-corrected chi connectivity index (χ3v) is 5.53. The fourth-order valence-corrected chi connectivity index (χ4v) is 3.69. The van der Waals surface area contributed by atoms with Crippen molar-refractivity contribution in [3.05, 3.63) is 70.5 Å². The van der Waals surface area contributed by atoms with E-state index in [0.717, 1.165) is 14.9 Å². The molecule has 2 heterocycles. The van der Waals surface area contributed by atoms with Crippen molar-refractivity contribution < 1.29 is 4.79 Å². The minimum Gasteiger partial charge on any atom is -0.319 e. The molecule has 2 aromatic heterocycles. The number of carbonyl (C=O) groups excluding carboxylic acids is 1. The molecule has 0 aliphatic carbocycles. The predicted molar refractivity (Wildman–Crippen MR) is 111 cm³/mol. The van der Waals surface area contributed by atoms with E-state index in [4.69, 9.17) is 0 Å². The molecule has 0 radical (unpaired) electrons. The Labute approximate surface area is 178 Å². The monoisotopic (exact) mass is 470 g/mol. The van der Waals surface area contributed by atoms with E-state index in [9.17, 15) is 4.79 Å². The van der Waals surface area contributed by atoms with Gasteiger partial charge < -0.3 is 5.32 Å². The molecule has 0 spiro atoms. The summed E-state index contributed by atoms with van der Waals surface area (Å²) in [4.78, 5) is 13.5. The lowest BCUT2D eigenvalue weighted by atomic mass is 10.2. The molecule has 0 bridgehead atoms. The van der Waals surface area contributed by atoms with Crippen molar-refractivity contribution in [2.45, 2.75) is 16.6 Å². The summed E-state index contributed by atoms with van der Waals surface area (Å²) in [6.45, 7) is 0.540. The first-order valence-corrected chi connectivity index (χ1v) is 10.1. The summed E-state index contributed by atoms with van der Waals surface area (Å²) in [7, 11) is 1.75. The zero-order chi connectivity index (χ0) is 20.2. The van der Waals surface area contributed by atoms with Crippen molar-refractivity contribution in [1.29, 1.82) is 0 Å². The van der Waals surface area contributed by atoms with E-state index in [1.807, 2.05) is 48.5 Å². The maximum atomic E-state index is 12.7. The molecule has 0 unspecified atom stereocenters. The van der Waals surface area contributed by atoms with Crippen LogP contribution in [0.5, 0.6) is 0 Å². The molecule has 1 amide bonds. The van der Waals surface area contributed by atoms with Gasteiger partial charge in [-0.2, -0.15) is 0 Å². The molecule has 0 saturated carbocycles. The molecular formula is C18H15BrN8OS. The number of rotatable bonds is 6. The second-order valence-electron chi connectivity index (χ2n) is 6.07. The van der Waals surface area contributed by atoms with Crippen LogP contribution in [0.25, 0.3) is 0 Å². The second kappa shape index (κ2) is 8.53. The van der Waals surface area contributed by atoms with Crippen molar-refractivity contribution in [2.75, 3.05) is 5.32 Å². The molecule has 0 saturated heterocycles. The number of nitrogens with one attached hydrogen (secondary N) is 1. The smallest absolute Gasteiger partial charge is 0.277 e. The lowest BCUT2D eigenvalue weighted by Crippen LogP contribution is -2.13.